The zero-order valence-corrected chi connectivity index (χ0v) is 16.8. The van der Waals surface area contributed by atoms with Crippen molar-refractivity contribution in [2.75, 3.05) is 12.4 Å². The fraction of sp³-hybridized carbons (Fsp3) is 0.158. The SMILES string of the molecule is COc1ccc(F)cc1-c1csc(NC(=O)CCc2nc(-c3ccsc3)no2)n1. The fourth-order valence-corrected chi connectivity index (χ4v) is 3.96. The second kappa shape index (κ2) is 8.50. The number of anilines is 1. The number of halogens is 1. The van der Waals surface area contributed by atoms with Gasteiger partial charge in [-0.15, -0.1) is 11.3 Å². The molecule has 0 spiro atoms. The van der Waals surface area contributed by atoms with E-state index < -0.39 is 0 Å². The summed E-state index contributed by atoms with van der Waals surface area (Å²) in [6, 6.07) is 6.11. The van der Waals surface area contributed by atoms with Crippen LogP contribution in [0.2, 0.25) is 0 Å². The number of carbonyl (C=O) groups excluding carboxylic acids is 1. The van der Waals surface area contributed by atoms with Crippen LogP contribution < -0.4 is 10.1 Å². The third kappa shape index (κ3) is 4.49. The highest BCUT2D eigenvalue weighted by Gasteiger charge is 2.14. The molecule has 148 valence electrons. The van der Waals surface area contributed by atoms with Crippen LogP contribution in [0.3, 0.4) is 0 Å². The molecule has 0 radical (unpaired) electrons. The van der Waals surface area contributed by atoms with Crippen LogP contribution >= 0.6 is 22.7 Å². The third-order valence-electron chi connectivity index (χ3n) is 4.00. The van der Waals surface area contributed by atoms with Gasteiger partial charge in [0.05, 0.1) is 12.8 Å². The largest absolute Gasteiger partial charge is 0.496 e. The molecule has 0 saturated heterocycles. The smallest absolute Gasteiger partial charge is 0.227 e. The van der Waals surface area contributed by atoms with Crippen LogP contribution in [0, 0.1) is 5.82 Å². The number of aryl methyl sites for hydroxylation is 1. The number of rotatable bonds is 7. The molecule has 4 aromatic rings. The maximum Gasteiger partial charge on any atom is 0.227 e. The first-order chi connectivity index (χ1) is 14.1. The fourth-order valence-electron chi connectivity index (χ4n) is 2.60. The summed E-state index contributed by atoms with van der Waals surface area (Å²) >= 11 is 2.80. The highest BCUT2D eigenvalue weighted by Crippen LogP contribution is 2.32. The molecule has 0 saturated carbocycles. The summed E-state index contributed by atoms with van der Waals surface area (Å²) in [6.07, 6.45) is 0.488. The molecule has 0 fully saturated rings. The number of thiophene rings is 1. The van der Waals surface area contributed by atoms with E-state index in [4.69, 9.17) is 9.26 Å². The van der Waals surface area contributed by atoms with E-state index >= 15 is 0 Å². The Morgan fingerprint density at radius 3 is 2.97 bits per heavy atom. The van der Waals surface area contributed by atoms with Crippen molar-refractivity contribution in [3.63, 3.8) is 0 Å². The first kappa shape index (κ1) is 19.2. The van der Waals surface area contributed by atoms with Crippen molar-refractivity contribution in [3.8, 4) is 28.4 Å². The minimum absolute atomic E-state index is 0.170. The van der Waals surface area contributed by atoms with Crippen LogP contribution in [0.4, 0.5) is 9.52 Å². The number of hydrogen-bond acceptors (Lipinski definition) is 8. The first-order valence-corrected chi connectivity index (χ1v) is 10.4. The maximum absolute atomic E-state index is 13.6. The predicted octanol–water partition coefficient (Wildman–Crippen LogP) is 4.64. The summed E-state index contributed by atoms with van der Waals surface area (Å²) < 4.78 is 24.0. The molecule has 0 atom stereocenters. The van der Waals surface area contributed by atoms with Gasteiger partial charge in [-0.25, -0.2) is 9.37 Å². The van der Waals surface area contributed by atoms with Crippen molar-refractivity contribution in [2.24, 2.45) is 0 Å². The number of carbonyl (C=O) groups is 1. The minimum Gasteiger partial charge on any atom is -0.496 e. The molecule has 4 rings (SSSR count). The van der Waals surface area contributed by atoms with Crippen molar-refractivity contribution < 1.29 is 18.4 Å². The van der Waals surface area contributed by atoms with Gasteiger partial charge in [0, 0.05) is 34.7 Å². The lowest BCUT2D eigenvalue weighted by molar-refractivity contribution is -0.116. The maximum atomic E-state index is 13.6. The lowest BCUT2D eigenvalue weighted by Gasteiger charge is -2.05. The van der Waals surface area contributed by atoms with E-state index in [1.165, 1.54) is 36.6 Å². The molecule has 1 N–H and O–H groups in total. The Labute approximate surface area is 173 Å². The molecule has 1 aromatic carbocycles. The molecular weight excluding hydrogens is 415 g/mol. The monoisotopic (exact) mass is 430 g/mol. The molecule has 29 heavy (non-hydrogen) atoms. The number of amides is 1. The number of thiazole rings is 1. The zero-order valence-electron chi connectivity index (χ0n) is 15.2. The quantitative estimate of drug-likeness (QED) is 0.459. The number of benzene rings is 1. The number of ether oxygens (including phenoxy) is 1. The minimum atomic E-state index is -0.388. The van der Waals surface area contributed by atoms with Crippen molar-refractivity contribution in [3.05, 3.63) is 52.1 Å². The first-order valence-electron chi connectivity index (χ1n) is 8.57. The molecule has 0 aliphatic heterocycles. The highest BCUT2D eigenvalue weighted by molar-refractivity contribution is 7.14. The summed E-state index contributed by atoms with van der Waals surface area (Å²) in [5, 5.41) is 12.7. The molecule has 0 aliphatic rings. The lowest BCUT2D eigenvalue weighted by Crippen LogP contribution is -2.12. The molecule has 3 aromatic heterocycles. The van der Waals surface area contributed by atoms with Crippen LogP contribution in [0.25, 0.3) is 22.6 Å². The Morgan fingerprint density at radius 2 is 2.17 bits per heavy atom. The second-order valence-corrected chi connectivity index (χ2v) is 7.59. The van der Waals surface area contributed by atoms with Gasteiger partial charge in [-0.2, -0.15) is 16.3 Å². The normalized spacial score (nSPS) is 10.8. The van der Waals surface area contributed by atoms with Gasteiger partial charge in [-0.05, 0) is 29.6 Å². The predicted molar refractivity (Wildman–Crippen MR) is 109 cm³/mol. The average Bonchev–Trinajstić information content (AvgIpc) is 3.47. The van der Waals surface area contributed by atoms with Crippen LogP contribution in [-0.2, 0) is 11.2 Å². The summed E-state index contributed by atoms with van der Waals surface area (Å²) in [6.45, 7) is 0. The number of methoxy groups -OCH3 is 1. The number of nitrogens with zero attached hydrogens (tertiary/aromatic N) is 3. The molecule has 7 nitrogen and oxygen atoms in total. The van der Waals surface area contributed by atoms with E-state index in [1.807, 2.05) is 16.8 Å². The Bertz CT molecular complexity index is 1120. The van der Waals surface area contributed by atoms with Crippen molar-refractivity contribution >= 4 is 33.7 Å². The van der Waals surface area contributed by atoms with Gasteiger partial charge in [0.15, 0.2) is 5.13 Å². The average molecular weight is 430 g/mol. The van der Waals surface area contributed by atoms with Gasteiger partial charge in [0.1, 0.15) is 11.6 Å². The van der Waals surface area contributed by atoms with Crippen LogP contribution in [0.15, 0.2) is 44.9 Å². The molecule has 0 unspecified atom stereocenters. The van der Waals surface area contributed by atoms with E-state index in [2.05, 4.69) is 20.4 Å². The Kier molecular flexibility index (Phi) is 5.63. The number of aromatic nitrogens is 3. The zero-order chi connectivity index (χ0) is 20.2. The van der Waals surface area contributed by atoms with Gasteiger partial charge in [0.2, 0.25) is 17.6 Å². The van der Waals surface area contributed by atoms with Crippen LogP contribution in [0.5, 0.6) is 5.75 Å². The van der Waals surface area contributed by atoms with Gasteiger partial charge in [-0.1, -0.05) is 5.16 Å². The standard InChI is InChI=1S/C19H15FN4O3S2/c1-26-15-3-2-12(20)8-13(15)14-10-29-19(21-14)22-16(25)4-5-17-23-18(24-27-17)11-6-7-28-9-11/h2-3,6-10H,4-5H2,1H3,(H,21,22,25). The van der Waals surface area contributed by atoms with Crippen LogP contribution in [-0.4, -0.2) is 28.1 Å². The third-order valence-corrected chi connectivity index (χ3v) is 5.44. The summed E-state index contributed by atoms with van der Waals surface area (Å²) in [5.41, 5.74) is 1.94. The van der Waals surface area contributed by atoms with Gasteiger partial charge in [0.25, 0.3) is 0 Å². The van der Waals surface area contributed by atoms with Gasteiger partial charge in [-0.3, -0.25) is 4.79 Å². The molecule has 0 aliphatic carbocycles. The van der Waals surface area contributed by atoms with Crippen molar-refractivity contribution in [2.45, 2.75) is 12.8 Å². The van der Waals surface area contributed by atoms with E-state index in [9.17, 15) is 9.18 Å². The molecule has 3 heterocycles. The summed E-state index contributed by atoms with van der Waals surface area (Å²) in [7, 11) is 1.51. The Balaban J connectivity index is 1.37. The van der Waals surface area contributed by atoms with Crippen LogP contribution in [0.1, 0.15) is 12.3 Å². The molecule has 10 heteroatoms. The van der Waals surface area contributed by atoms with Crippen molar-refractivity contribution in [1.29, 1.82) is 0 Å². The topological polar surface area (TPSA) is 90.1 Å². The Morgan fingerprint density at radius 1 is 1.28 bits per heavy atom. The van der Waals surface area contributed by atoms with Gasteiger partial charge >= 0.3 is 0 Å². The molecule has 0 bridgehead atoms. The number of nitrogens with one attached hydrogen (secondary N) is 1. The second-order valence-electron chi connectivity index (χ2n) is 5.95. The van der Waals surface area contributed by atoms with E-state index in [-0.39, 0.29) is 18.1 Å². The van der Waals surface area contributed by atoms with E-state index in [1.54, 1.807) is 16.7 Å². The highest BCUT2D eigenvalue weighted by atomic mass is 32.1. The van der Waals surface area contributed by atoms with Crippen molar-refractivity contribution in [1.82, 2.24) is 15.1 Å². The van der Waals surface area contributed by atoms with Gasteiger partial charge < -0.3 is 14.6 Å². The Hall–Kier alpha value is -3.11. The number of hydrogen-bond donors (Lipinski definition) is 1. The molecular formula is C19H15FN4O3S2. The van der Waals surface area contributed by atoms with E-state index in [0.29, 0.717) is 40.3 Å². The van der Waals surface area contributed by atoms with E-state index in [0.717, 1.165) is 5.56 Å². The summed E-state index contributed by atoms with van der Waals surface area (Å²) in [5.74, 6) is 0.793. The summed E-state index contributed by atoms with van der Waals surface area (Å²) in [4.78, 5) is 20.9. The molecule has 1 amide bonds. The lowest BCUT2D eigenvalue weighted by atomic mass is 10.1.